The zero-order valence-electron chi connectivity index (χ0n) is 19.6. The molecular weight excluding hydrogens is 425 g/mol. The number of rotatable bonds is 22. The number of nitrogens with one attached hydrogen (secondary N) is 1. The Kier molecular flexibility index (Phi) is 26.8. The fourth-order valence-electron chi connectivity index (χ4n) is 3.35. The molecule has 0 rings (SSSR count). The standard InChI is InChI=1S/C23H45NO4S.K/c1-2-3-4-5-6-7-8-9-10-11-12-13-14-15-16-17-18-19-22-29(27,28)24-21-20-23(25)26;/h19,22,24H,2-18,20-21H2,1H3,(H,25,26);/q;+1/p-1/b22-19+;. The quantitative estimate of drug-likeness (QED) is 0.195. The number of hydrogen-bond donors (Lipinski definition) is 1. The first-order valence-corrected chi connectivity index (χ1v) is 13.4. The molecule has 0 radical (unpaired) electrons. The van der Waals surface area contributed by atoms with Crippen LogP contribution >= 0.6 is 0 Å². The van der Waals surface area contributed by atoms with Crippen LogP contribution in [-0.4, -0.2) is 20.9 Å². The van der Waals surface area contributed by atoms with Crippen LogP contribution in [0.15, 0.2) is 11.5 Å². The Morgan fingerprint density at radius 3 is 1.57 bits per heavy atom. The number of aliphatic carboxylic acids is 1. The van der Waals surface area contributed by atoms with E-state index < -0.39 is 16.0 Å². The third-order valence-electron chi connectivity index (χ3n) is 5.13. The molecule has 0 amide bonds. The van der Waals surface area contributed by atoms with Gasteiger partial charge in [-0.2, -0.15) is 0 Å². The largest absolute Gasteiger partial charge is 1.00 e. The van der Waals surface area contributed by atoms with Gasteiger partial charge in [0.2, 0.25) is 10.0 Å². The molecule has 5 nitrogen and oxygen atoms in total. The van der Waals surface area contributed by atoms with Crippen molar-refractivity contribution in [2.75, 3.05) is 6.54 Å². The first-order chi connectivity index (χ1) is 14.0. The molecule has 0 aromatic rings. The average molecular weight is 470 g/mol. The van der Waals surface area contributed by atoms with Gasteiger partial charge in [-0.25, -0.2) is 13.1 Å². The fourth-order valence-corrected chi connectivity index (χ4v) is 4.22. The number of carboxylic acids is 1. The summed E-state index contributed by atoms with van der Waals surface area (Å²) < 4.78 is 25.4. The maximum absolute atomic E-state index is 11.6. The summed E-state index contributed by atoms with van der Waals surface area (Å²) in [6.45, 7) is 2.13. The fraction of sp³-hybridized carbons (Fsp3) is 0.870. The van der Waals surface area contributed by atoms with Gasteiger partial charge >= 0.3 is 51.4 Å². The molecule has 0 aliphatic carbocycles. The van der Waals surface area contributed by atoms with Crippen molar-refractivity contribution in [3.05, 3.63) is 11.5 Å². The second kappa shape index (κ2) is 24.4. The minimum Gasteiger partial charge on any atom is -0.550 e. The zero-order chi connectivity index (χ0) is 21.6. The molecule has 0 saturated heterocycles. The van der Waals surface area contributed by atoms with Crippen molar-refractivity contribution in [2.45, 2.75) is 122 Å². The van der Waals surface area contributed by atoms with Gasteiger partial charge in [0.25, 0.3) is 0 Å². The van der Waals surface area contributed by atoms with Crippen LogP contribution in [0.5, 0.6) is 0 Å². The third-order valence-corrected chi connectivity index (χ3v) is 6.29. The van der Waals surface area contributed by atoms with Gasteiger partial charge in [-0.15, -0.1) is 0 Å². The van der Waals surface area contributed by atoms with Crippen LogP contribution in [0.25, 0.3) is 0 Å². The van der Waals surface area contributed by atoms with E-state index in [1.54, 1.807) is 6.08 Å². The molecule has 0 atom stereocenters. The number of allylic oxidation sites excluding steroid dienone is 1. The first-order valence-electron chi connectivity index (χ1n) is 11.8. The Morgan fingerprint density at radius 2 is 1.17 bits per heavy atom. The molecule has 7 heteroatoms. The van der Waals surface area contributed by atoms with Crippen LogP contribution in [-0.2, 0) is 14.8 Å². The normalized spacial score (nSPS) is 11.6. The minimum atomic E-state index is -3.52. The maximum atomic E-state index is 11.6. The van der Waals surface area contributed by atoms with Gasteiger partial charge in [-0.1, -0.05) is 109 Å². The van der Waals surface area contributed by atoms with Crippen molar-refractivity contribution in [1.82, 2.24) is 4.72 Å². The molecule has 0 aliphatic heterocycles. The topological polar surface area (TPSA) is 86.3 Å². The molecule has 0 aliphatic rings. The van der Waals surface area contributed by atoms with Gasteiger partial charge in [0.15, 0.2) is 0 Å². The number of carbonyl (C=O) groups is 1. The summed E-state index contributed by atoms with van der Waals surface area (Å²) in [5.74, 6) is -1.26. The summed E-state index contributed by atoms with van der Waals surface area (Å²) in [4.78, 5) is 10.3. The van der Waals surface area contributed by atoms with E-state index in [0.717, 1.165) is 24.7 Å². The SMILES string of the molecule is CCCCCCCCCCCCCCCCCC/C=C/S(=O)(=O)NCCC(=O)[O-].[K+]. The molecule has 1 N–H and O–H groups in total. The molecule has 0 heterocycles. The van der Waals surface area contributed by atoms with Crippen molar-refractivity contribution in [3.8, 4) is 0 Å². The molecule has 0 aromatic carbocycles. The molecule has 0 unspecified atom stereocenters. The average Bonchev–Trinajstić information content (AvgIpc) is 2.66. The van der Waals surface area contributed by atoms with Crippen molar-refractivity contribution in [3.63, 3.8) is 0 Å². The Balaban J connectivity index is 0. The summed E-state index contributed by atoms with van der Waals surface area (Å²) in [5, 5.41) is 11.4. The third kappa shape index (κ3) is 26.8. The van der Waals surface area contributed by atoms with Crippen LogP contribution in [0.1, 0.15) is 122 Å². The van der Waals surface area contributed by atoms with E-state index in [0.29, 0.717) is 0 Å². The van der Waals surface area contributed by atoms with E-state index in [1.807, 2.05) is 0 Å². The first kappa shape index (κ1) is 32.9. The molecule has 0 aromatic heterocycles. The summed E-state index contributed by atoms with van der Waals surface area (Å²) in [7, 11) is -3.52. The van der Waals surface area contributed by atoms with Gasteiger partial charge in [0.05, 0.1) is 0 Å². The van der Waals surface area contributed by atoms with E-state index in [2.05, 4.69) is 11.6 Å². The molecule has 0 saturated carbocycles. The van der Waals surface area contributed by atoms with Crippen LogP contribution < -0.4 is 61.2 Å². The number of sulfonamides is 1. The maximum Gasteiger partial charge on any atom is 1.00 e. The van der Waals surface area contributed by atoms with Crippen LogP contribution in [0.2, 0.25) is 0 Å². The molecule has 0 fully saturated rings. The summed E-state index contributed by atoms with van der Waals surface area (Å²) >= 11 is 0. The predicted molar refractivity (Wildman–Crippen MR) is 120 cm³/mol. The Hall–Kier alpha value is 0.756. The Bertz CT molecular complexity index is 509. The van der Waals surface area contributed by atoms with Crippen molar-refractivity contribution in [1.29, 1.82) is 0 Å². The second-order valence-corrected chi connectivity index (χ2v) is 9.68. The van der Waals surface area contributed by atoms with Gasteiger partial charge < -0.3 is 9.90 Å². The van der Waals surface area contributed by atoms with E-state index in [4.69, 9.17) is 0 Å². The van der Waals surface area contributed by atoms with Crippen molar-refractivity contribution >= 4 is 16.0 Å². The van der Waals surface area contributed by atoms with Gasteiger partial charge in [0.1, 0.15) is 0 Å². The molecular formula is C23H44KNO4S. The zero-order valence-corrected chi connectivity index (χ0v) is 23.6. The number of carbonyl (C=O) groups excluding carboxylic acids is 1. The van der Waals surface area contributed by atoms with E-state index in [9.17, 15) is 18.3 Å². The predicted octanol–water partition coefficient (Wildman–Crippen LogP) is 2.22. The van der Waals surface area contributed by atoms with Gasteiger partial charge in [-0.05, 0) is 12.8 Å². The summed E-state index contributed by atoms with van der Waals surface area (Å²) in [5.41, 5.74) is 0. The van der Waals surface area contributed by atoms with Crippen LogP contribution in [0.4, 0.5) is 0 Å². The number of hydrogen-bond acceptors (Lipinski definition) is 4. The van der Waals surface area contributed by atoms with Crippen LogP contribution in [0.3, 0.4) is 0 Å². The monoisotopic (exact) mass is 469 g/mol. The van der Waals surface area contributed by atoms with Crippen LogP contribution in [0, 0.1) is 0 Å². The summed E-state index contributed by atoms with van der Waals surface area (Å²) in [6.07, 6.45) is 23.2. The van der Waals surface area contributed by atoms with E-state index in [1.165, 1.54) is 89.9 Å². The molecule has 172 valence electrons. The van der Waals surface area contributed by atoms with E-state index >= 15 is 0 Å². The Morgan fingerprint density at radius 1 is 0.767 bits per heavy atom. The minimum absolute atomic E-state index is 0. The molecule has 30 heavy (non-hydrogen) atoms. The second-order valence-electron chi connectivity index (χ2n) is 8.03. The van der Waals surface area contributed by atoms with Crippen molar-refractivity contribution in [2.24, 2.45) is 0 Å². The molecule has 0 spiro atoms. The van der Waals surface area contributed by atoms with Crippen molar-refractivity contribution < 1.29 is 69.7 Å². The smallest absolute Gasteiger partial charge is 0.550 e. The van der Waals surface area contributed by atoms with E-state index in [-0.39, 0.29) is 64.4 Å². The van der Waals surface area contributed by atoms with Gasteiger partial charge in [0, 0.05) is 24.3 Å². The molecule has 0 bridgehead atoms. The van der Waals surface area contributed by atoms with Gasteiger partial charge in [-0.3, -0.25) is 0 Å². The summed E-state index contributed by atoms with van der Waals surface area (Å²) in [6, 6.07) is 0. The Labute approximate surface area is 228 Å². The number of carboxylic acid groups (broad SMARTS) is 1. The number of unbranched alkanes of at least 4 members (excludes halogenated alkanes) is 16.